The van der Waals surface area contributed by atoms with Crippen molar-refractivity contribution in [3.05, 3.63) is 89.7 Å². The van der Waals surface area contributed by atoms with Crippen LogP contribution in [0, 0.1) is 6.92 Å². The van der Waals surface area contributed by atoms with Crippen LogP contribution >= 0.6 is 0 Å². The lowest BCUT2D eigenvalue weighted by Crippen LogP contribution is -2.33. The van der Waals surface area contributed by atoms with Crippen molar-refractivity contribution >= 4 is 22.6 Å². The van der Waals surface area contributed by atoms with Crippen molar-refractivity contribution < 1.29 is 9.53 Å². The van der Waals surface area contributed by atoms with E-state index in [0.717, 1.165) is 54.3 Å². The van der Waals surface area contributed by atoms with Crippen LogP contribution in [0.2, 0.25) is 0 Å². The summed E-state index contributed by atoms with van der Waals surface area (Å²) in [4.78, 5) is 19.6. The molecule has 1 aliphatic heterocycles. The van der Waals surface area contributed by atoms with Crippen LogP contribution in [0.4, 0.5) is 5.69 Å². The summed E-state index contributed by atoms with van der Waals surface area (Å²) in [5.74, 6) is 1.56. The van der Waals surface area contributed by atoms with Crippen molar-refractivity contribution in [2.24, 2.45) is 0 Å². The highest BCUT2D eigenvalue weighted by Gasteiger charge is 2.20. The van der Waals surface area contributed by atoms with Gasteiger partial charge in [-0.3, -0.25) is 9.69 Å². The standard InChI is InChI=1S/C26H26N4O2/c1-19-6-5-9-22(14-19)32-18-26(31)27-21-10-11-24-23(15-21)28-25-17-29(12-13-30(24)25)16-20-7-3-2-4-8-20/h2-11,14-15H,12-13,16-18H2,1H3,(H,27,31). The third kappa shape index (κ3) is 4.50. The Balaban J connectivity index is 1.24. The maximum absolute atomic E-state index is 12.3. The molecular formula is C26H26N4O2. The van der Waals surface area contributed by atoms with Gasteiger partial charge in [-0.05, 0) is 48.4 Å². The van der Waals surface area contributed by atoms with E-state index in [1.54, 1.807) is 0 Å². The van der Waals surface area contributed by atoms with Crippen LogP contribution in [0.5, 0.6) is 5.75 Å². The van der Waals surface area contributed by atoms with E-state index in [2.05, 4.69) is 39.0 Å². The molecule has 4 aromatic rings. The summed E-state index contributed by atoms with van der Waals surface area (Å²) < 4.78 is 7.88. The molecule has 3 aromatic carbocycles. The summed E-state index contributed by atoms with van der Waals surface area (Å²) in [6, 6.07) is 24.1. The minimum Gasteiger partial charge on any atom is -0.484 e. The van der Waals surface area contributed by atoms with Gasteiger partial charge in [0.15, 0.2) is 6.61 Å². The number of imidazole rings is 1. The largest absolute Gasteiger partial charge is 0.484 e. The smallest absolute Gasteiger partial charge is 0.262 e. The number of nitrogens with one attached hydrogen (secondary N) is 1. The van der Waals surface area contributed by atoms with Crippen LogP contribution in [0.25, 0.3) is 11.0 Å². The molecular weight excluding hydrogens is 400 g/mol. The topological polar surface area (TPSA) is 59.4 Å². The highest BCUT2D eigenvalue weighted by molar-refractivity contribution is 5.94. The van der Waals surface area contributed by atoms with Gasteiger partial charge in [-0.25, -0.2) is 4.98 Å². The number of hydrogen-bond donors (Lipinski definition) is 1. The fourth-order valence-electron chi connectivity index (χ4n) is 4.18. The number of aryl methyl sites for hydroxylation is 1. The van der Waals surface area contributed by atoms with Gasteiger partial charge in [0.25, 0.3) is 5.91 Å². The Morgan fingerprint density at radius 2 is 1.91 bits per heavy atom. The molecule has 0 radical (unpaired) electrons. The third-order valence-corrected chi connectivity index (χ3v) is 5.72. The number of carbonyl (C=O) groups excluding carboxylic acids is 1. The first-order chi connectivity index (χ1) is 15.6. The van der Waals surface area contributed by atoms with E-state index in [-0.39, 0.29) is 12.5 Å². The second kappa shape index (κ2) is 8.85. The van der Waals surface area contributed by atoms with E-state index < -0.39 is 0 Å². The maximum atomic E-state index is 12.3. The summed E-state index contributed by atoms with van der Waals surface area (Å²) in [5, 5.41) is 2.92. The summed E-state index contributed by atoms with van der Waals surface area (Å²) >= 11 is 0. The Labute approximate surface area is 187 Å². The number of benzene rings is 3. The molecule has 0 atom stereocenters. The van der Waals surface area contributed by atoms with Gasteiger partial charge in [-0.1, -0.05) is 42.5 Å². The lowest BCUT2D eigenvalue weighted by atomic mass is 10.2. The second-order valence-electron chi connectivity index (χ2n) is 8.23. The quantitative estimate of drug-likeness (QED) is 0.497. The molecule has 6 nitrogen and oxygen atoms in total. The molecule has 5 rings (SSSR count). The molecule has 1 aromatic heterocycles. The average Bonchev–Trinajstić information content (AvgIpc) is 3.15. The number of carbonyl (C=O) groups is 1. The van der Waals surface area contributed by atoms with Gasteiger partial charge in [0.05, 0.1) is 17.6 Å². The third-order valence-electron chi connectivity index (χ3n) is 5.72. The zero-order valence-corrected chi connectivity index (χ0v) is 18.1. The first kappa shape index (κ1) is 20.3. The van der Waals surface area contributed by atoms with Gasteiger partial charge < -0.3 is 14.6 Å². The van der Waals surface area contributed by atoms with E-state index in [1.807, 2.05) is 55.5 Å². The molecule has 162 valence electrons. The number of aromatic nitrogens is 2. The highest BCUT2D eigenvalue weighted by Crippen LogP contribution is 2.24. The van der Waals surface area contributed by atoms with Gasteiger partial charge in [-0.15, -0.1) is 0 Å². The first-order valence-corrected chi connectivity index (χ1v) is 10.9. The minimum absolute atomic E-state index is 0.0321. The molecule has 0 unspecified atom stereocenters. The summed E-state index contributed by atoms with van der Waals surface area (Å²) in [5.41, 5.74) is 5.15. The Morgan fingerprint density at radius 3 is 2.75 bits per heavy atom. The number of anilines is 1. The normalized spacial score (nSPS) is 13.7. The van der Waals surface area contributed by atoms with Crippen LogP contribution in [0.3, 0.4) is 0 Å². The second-order valence-corrected chi connectivity index (χ2v) is 8.23. The lowest BCUT2D eigenvalue weighted by molar-refractivity contribution is -0.118. The predicted molar refractivity (Wildman–Crippen MR) is 126 cm³/mol. The zero-order valence-electron chi connectivity index (χ0n) is 18.1. The van der Waals surface area contributed by atoms with Crippen molar-refractivity contribution in [3.8, 4) is 5.75 Å². The fourth-order valence-corrected chi connectivity index (χ4v) is 4.18. The Morgan fingerprint density at radius 1 is 1.03 bits per heavy atom. The number of nitrogens with zero attached hydrogens (tertiary/aromatic N) is 3. The van der Waals surface area contributed by atoms with E-state index in [1.165, 1.54) is 5.56 Å². The SMILES string of the molecule is Cc1cccc(OCC(=O)Nc2ccc3c(c2)nc2n3CCN(Cc3ccccc3)C2)c1. The van der Waals surface area contributed by atoms with E-state index >= 15 is 0 Å². The lowest BCUT2D eigenvalue weighted by Gasteiger charge is -2.27. The fraction of sp³-hybridized carbons (Fsp3) is 0.231. The molecule has 1 N–H and O–H groups in total. The number of hydrogen-bond acceptors (Lipinski definition) is 4. The van der Waals surface area contributed by atoms with Gasteiger partial charge in [0.1, 0.15) is 11.6 Å². The summed E-state index contributed by atoms with van der Waals surface area (Å²) in [6.45, 7) is 5.60. The highest BCUT2D eigenvalue weighted by atomic mass is 16.5. The Bertz CT molecular complexity index is 1250. The van der Waals surface area contributed by atoms with Crippen molar-refractivity contribution in [1.29, 1.82) is 0 Å². The van der Waals surface area contributed by atoms with E-state index in [4.69, 9.17) is 9.72 Å². The molecule has 0 spiro atoms. The first-order valence-electron chi connectivity index (χ1n) is 10.9. The molecule has 0 saturated heterocycles. The molecule has 1 amide bonds. The molecule has 0 fully saturated rings. The zero-order chi connectivity index (χ0) is 21.9. The van der Waals surface area contributed by atoms with Crippen molar-refractivity contribution in [2.75, 3.05) is 18.5 Å². The van der Waals surface area contributed by atoms with Gasteiger partial charge in [-0.2, -0.15) is 0 Å². The number of ether oxygens (including phenoxy) is 1. The van der Waals surface area contributed by atoms with E-state index in [0.29, 0.717) is 5.75 Å². The Hall–Kier alpha value is -3.64. The molecule has 0 bridgehead atoms. The molecule has 0 aliphatic carbocycles. The number of rotatable bonds is 6. The van der Waals surface area contributed by atoms with Gasteiger partial charge >= 0.3 is 0 Å². The van der Waals surface area contributed by atoms with Crippen LogP contribution in [-0.2, 0) is 24.4 Å². The summed E-state index contributed by atoms with van der Waals surface area (Å²) in [7, 11) is 0. The van der Waals surface area contributed by atoms with Gasteiger partial charge in [0, 0.05) is 25.3 Å². The van der Waals surface area contributed by atoms with Crippen LogP contribution < -0.4 is 10.1 Å². The number of amides is 1. The van der Waals surface area contributed by atoms with Crippen molar-refractivity contribution in [1.82, 2.24) is 14.5 Å². The van der Waals surface area contributed by atoms with Crippen LogP contribution in [0.15, 0.2) is 72.8 Å². The van der Waals surface area contributed by atoms with Crippen molar-refractivity contribution in [2.45, 2.75) is 26.6 Å². The maximum Gasteiger partial charge on any atom is 0.262 e. The van der Waals surface area contributed by atoms with Crippen LogP contribution in [-0.4, -0.2) is 33.5 Å². The minimum atomic E-state index is -0.191. The molecule has 1 aliphatic rings. The number of fused-ring (bicyclic) bond motifs is 3. The monoisotopic (exact) mass is 426 g/mol. The molecule has 6 heteroatoms. The molecule has 32 heavy (non-hydrogen) atoms. The predicted octanol–water partition coefficient (Wildman–Crippen LogP) is 4.38. The Kier molecular flexibility index (Phi) is 5.60. The molecule has 0 saturated carbocycles. The van der Waals surface area contributed by atoms with Gasteiger partial charge in [0.2, 0.25) is 0 Å². The molecule has 2 heterocycles. The van der Waals surface area contributed by atoms with E-state index in [9.17, 15) is 4.79 Å². The summed E-state index contributed by atoms with van der Waals surface area (Å²) in [6.07, 6.45) is 0. The van der Waals surface area contributed by atoms with Crippen LogP contribution in [0.1, 0.15) is 17.0 Å². The average molecular weight is 427 g/mol. The van der Waals surface area contributed by atoms with Crippen molar-refractivity contribution in [3.63, 3.8) is 0 Å².